The van der Waals surface area contributed by atoms with Crippen LogP contribution in [0.1, 0.15) is 5.56 Å². The largest absolute Gasteiger partial charge is 0.491 e. The molecule has 3 N–H and O–H groups in total. The van der Waals surface area contributed by atoms with Gasteiger partial charge in [0.15, 0.2) is 0 Å². The van der Waals surface area contributed by atoms with E-state index in [2.05, 4.69) is 4.98 Å². The van der Waals surface area contributed by atoms with E-state index < -0.39 is 0 Å². The van der Waals surface area contributed by atoms with Crippen molar-refractivity contribution in [2.24, 2.45) is 5.73 Å². The van der Waals surface area contributed by atoms with Crippen molar-refractivity contribution in [3.8, 4) is 5.75 Å². The van der Waals surface area contributed by atoms with Crippen LogP contribution in [0.3, 0.4) is 0 Å². The molecule has 0 aliphatic carbocycles. The third kappa shape index (κ3) is 3.96. The molecule has 0 bridgehead atoms. The van der Waals surface area contributed by atoms with Gasteiger partial charge >= 0.3 is 0 Å². The highest BCUT2D eigenvalue weighted by molar-refractivity contribution is 5.84. The number of methoxy groups -OCH3 is 1. The van der Waals surface area contributed by atoms with Crippen molar-refractivity contribution in [1.82, 2.24) is 4.98 Å². The molecule has 0 saturated heterocycles. The molecule has 110 valence electrons. The van der Waals surface area contributed by atoms with Gasteiger partial charge in [-0.05, 0) is 36.7 Å². The standard InChI is InChI=1S/C15H22N2O3/c1-18-6-7-19-8-9-20-13-2-3-15-14(10-13)12(4-5-16)11-17-15/h2-3,10-11,17H,4-9,16H2,1H3. The molecule has 1 heterocycles. The van der Waals surface area contributed by atoms with Crippen LogP contribution in [0, 0.1) is 0 Å². The first-order valence-corrected chi connectivity index (χ1v) is 6.84. The maximum Gasteiger partial charge on any atom is 0.120 e. The van der Waals surface area contributed by atoms with E-state index in [0.29, 0.717) is 33.0 Å². The Kier molecular flexibility index (Phi) is 5.86. The number of nitrogens with one attached hydrogen (secondary N) is 1. The van der Waals surface area contributed by atoms with Crippen molar-refractivity contribution < 1.29 is 14.2 Å². The van der Waals surface area contributed by atoms with Crippen LogP contribution in [-0.2, 0) is 15.9 Å². The predicted molar refractivity (Wildman–Crippen MR) is 79.2 cm³/mol. The normalized spacial score (nSPS) is 11.1. The number of benzene rings is 1. The van der Waals surface area contributed by atoms with Crippen molar-refractivity contribution in [1.29, 1.82) is 0 Å². The fraction of sp³-hybridized carbons (Fsp3) is 0.467. The second-order valence-electron chi connectivity index (χ2n) is 4.51. The zero-order valence-corrected chi connectivity index (χ0v) is 11.9. The predicted octanol–water partition coefficient (Wildman–Crippen LogP) is 1.71. The van der Waals surface area contributed by atoms with E-state index in [-0.39, 0.29) is 0 Å². The molecule has 0 unspecified atom stereocenters. The highest BCUT2D eigenvalue weighted by atomic mass is 16.5. The SMILES string of the molecule is COCCOCCOc1ccc2[nH]cc(CCN)c2c1. The van der Waals surface area contributed by atoms with Gasteiger partial charge in [0, 0.05) is 24.2 Å². The molecular weight excluding hydrogens is 256 g/mol. The van der Waals surface area contributed by atoms with Crippen molar-refractivity contribution in [3.05, 3.63) is 30.0 Å². The summed E-state index contributed by atoms with van der Waals surface area (Å²) in [6.07, 6.45) is 2.87. The van der Waals surface area contributed by atoms with Crippen LogP contribution in [0.4, 0.5) is 0 Å². The molecule has 1 aromatic carbocycles. The summed E-state index contributed by atoms with van der Waals surface area (Å²) in [5, 5.41) is 1.17. The van der Waals surface area contributed by atoms with Gasteiger partial charge in [-0.2, -0.15) is 0 Å². The highest BCUT2D eigenvalue weighted by Crippen LogP contribution is 2.23. The number of nitrogens with two attached hydrogens (primary N) is 1. The topological polar surface area (TPSA) is 69.5 Å². The van der Waals surface area contributed by atoms with Crippen LogP contribution in [0.15, 0.2) is 24.4 Å². The molecule has 0 fully saturated rings. The molecule has 0 spiro atoms. The van der Waals surface area contributed by atoms with Crippen LogP contribution < -0.4 is 10.5 Å². The van der Waals surface area contributed by atoms with E-state index in [1.165, 1.54) is 10.9 Å². The molecule has 0 saturated carbocycles. The molecule has 5 nitrogen and oxygen atoms in total. The summed E-state index contributed by atoms with van der Waals surface area (Å²) >= 11 is 0. The second kappa shape index (κ2) is 7.89. The summed E-state index contributed by atoms with van der Waals surface area (Å²) in [5.41, 5.74) is 7.95. The molecule has 5 heteroatoms. The number of rotatable bonds is 9. The number of aromatic amines is 1. The van der Waals surface area contributed by atoms with E-state index in [1.807, 2.05) is 24.4 Å². The summed E-state index contributed by atoms with van der Waals surface area (Å²) < 4.78 is 15.9. The summed E-state index contributed by atoms with van der Waals surface area (Å²) in [5.74, 6) is 0.853. The molecule has 2 rings (SSSR count). The van der Waals surface area contributed by atoms with Crippen LogP contribution in [0.25, 0.3) is 10.9 Å². The summed E-state index contributed by atoms with van der Waals surface area (Å²) in [7, 11) is 1.66. The fourth-order valence-electron chi connectivity index (χ4n) is 2.07. The van der Waals surface area contributed by atoms with Gasteiger partial charge in [0.05, 0.1) is 19.8 Å². The van der Waals surface area contributed by atoms with Gasteiger partial charge in [0.2, 0.25) is 0 Å². The number of ether oxygens (including phenoxy) is 3. The Bertz CT molecular complexity index is 525. The maximum absolute atomic E-state index is 5.69. The van der Waals surface area contributed by atoms with Crippen molar-refractivity contribution in [2.45, 2.75) is 6.42 Å². The number of H-pyrrole nitrogens is 1. The van der Waals surface area contributed by atoms with Crippen molar-refractivity contribution in [2.75, 3.05) is 40.1 Å². The Balaban J connectivity index is 1.88. The number of hydrogen-bond acceptors (Lipinski definition) is 4. The van der Waals surface area contributed by atoms with E-state index in [0.717, 1.165) is 17.7 Å². The van der Waals surface area contributed by atoms with Gasteiger partial charge in [-0.3, -0.25) is 0 Å². The molecule has 20 heavy (non-hydrogen) atoms. The molecule has 0 amide bonds. The fourth-order valence-corrected chi connectivity index (χ4v) is 2.07. The highest BCUT2D eigenvalue weighted by Gasteiger charge is 2.04. The lowest BCUT2D eigenvalue weighted by Crippen LogP contribution is -2.09. The van der Waals surface area contributed by atoms with E-state index in [4.69, 9.17) is 19.9 Å². The van der Waals surface area contributed by atoms with Gasteiger partial charge in [-0.15, -0.1) is 0 Å². The molecule has 0 aliphatic rings. The van der Waals surface area contributed by atoms with Crippen LogP contribution in [0.5, 0.6) is 5.75 Å². The van der Waals surface area contributed by atoms with Gasteiger partial charge in [-0.1, -0.05) is 0 Å². The summed E-state index contributed by atoms with van der Waals surface area (Å²) in [4.78, 5) is 3.24. The zero-order chi connectivity index (χ0) is 14.2. The third-order valence-electron chi connectivity index (χ3n) is 3.08. The molecule has 0 radical (unpaired) electrons. The zero-order valence-electron chi connectivity index (χ0n) is 11.9. The lowest BCUT2D eigenvalue weighted by Gasteiger charge is -2.07. The number of fused-ring (bicyclic) bond motifs is 1. The molecule has 1 aromatic heterocycles. The smallest absolute Gasteiger partial charge is 0.120 e. The lowest BCUT2D eigenvalue weighted by atomic mass is 10.1. The molecule has 0 atom stereocenters. The van der Waals surface area contributed by atoms with Crippen LogP contribution in [-0.4, -0.2) is 45.1 Å². The summed E-state index contributed by atoms with van der Waals surface area (Å²) in [6, 6.07) is 6.03. The monoisotopic (exact) mass is 278 g/mol. The Morgan fingerprint density at radius 1 is 1.15 bits per heavy atom. The minimum atomic E-state index is 0.534. The molecule has 0 aliphatic heterocycles. The Labute approximate surface area is 119 Å². The number of hydrogen-bond donors (Lipinski definition) is 2. The quantitative estimate of drug-likeness (QED) is 0.685. The Morgan fingerprint density at radius 2 is 2.00 bits per heavy atom. The lowest BCUT2D eigenvalue weighted by molar-refractivity contribution is 0.0544. The molecular formula is C15H22N2O3. The van der Waals surface area contributed by atoms with Crippen molar-refractivity contribution in [3.63, 3.8) is 0 Å². The Morgan fingerprint density at radius 3 is 2.80 bits per heavy atom. The summed E-state index contributed by atoms with van der Waals surface area (Å²) in [6.45, 7) is 2.94. The minimum Gasteiger partial charge on any atom is -0.491 e. The minimum absolute atomic E-state index is 0.534. The van der Waals surface area contributed by atoms with Gasteiger partial charge in [0.25, 0.3) is 0 Å². The first-order chi connectivity index (χ1) is 9.85. The average molecular weight is 278 g/mol. The first kappa shape index (κ1) is 14.8. The second-order valence-corrected chi connectivity index (χ2v) is 4.51. The third-order valence-corrected chi connectivity index (χ3v) is 3.08. The Hall–Kier alpha value is -1.56. The molecule has 2 aromatic rings. The van der Waals surface area contributed by atoms with E-state index >= 15 is 0 Å². The van der Waals surface area contributed by atoms with E-state index in [1.54, 1.807) is 7.11 Å². The first-order valence-electron chi connectivity index (χ1n) is 6.84. The van der Waals surface area contributed by atoms with Crippen molar-refractivity contribution >= 4 is 10.9 Å². The van der Waals surface area contributed by atoms with Crippen LogP contribution in [0.2, 0.25) is 0 Å². The van der Waals surface area contributed by atoms with Gasteiger partial charge in [0.1, 0.15) is 12.4 Å². The van der Waals surface area contributed by atoms with E-state index in [9.17, 15) is 0 Å². The van der Waals surface area contributed by atoms with Crippen LogP contribution >= 0.6 is 0 Å². The maximum atomic E-state index is 5.69. The van der Waals surface area contributed by atoms with Gasteiger partial charge < -0.3 is 24.9 Å². The number of aromatic nitrogens is 1. The van der Waals surface area contributed by atoms with Gasteiger partial charge in [-0.25, -0.2) is 0 Å². The average Bonchev–Trinajstić information content (AvgIpc) is 2.86.